The number of aromatic nitrogens is 2. The summed E-state index contributed by atoms with van der Waals surface area (Å²) in [7, 11) is 0. The summed E-state index contributed by atoms with van der Waals surface area (Å²) < 4.78 is 7.64. The largest absolute Gasteiger partial charge is 0.487 e. The molecule has 0 fully saturated rings. The van der Waals surface area contributed by atoms with Gasteiger partial charge in [0.15, 0.2) is 0 Å². The highest BCUT2D eigenvalue weighted by Gasteiger charge is 2.06. The average Bonchev–Trinajstić information content (AvgIpc) is 3.26. The Bertz CT molecular complexity index is 1250. The summed E-state index contributed by atoms with van der Waals surface area (Å²) in [6.45, 7) is 0.618. The highest BCUT2D eigenvalue weighted by molar-refractivity contribution is 6.29. The summed E-state index contributed by atoms with van der Waals surface area (Å²) in [5.41, 5.74) is 6.79. The Balaban J connectivity index is 1.31. The Hall–Kier alpha value is -3.81. The van der Waals surface area contributed by atoms with Crippen LogP contribution in [0.4, 0.5) is 0 Å². The maximum absolute atomic E-state index is 10.9. The van der Waals surface area contributed by atoms with E-state index in [1.807, 2.05) is 77.3 Å². The minimum atomic E-state index is -0.910. The van der Waals surface area contributed by atoms with E-state index < -0.39 is 5.97 Å². The molecule has 0 saturated heterocycles. The number of hydroxylamine groups is 1. The number of carboxylic acids is 1. The molecule has 168 valence electrons. The predicted molar refractivity (Wildman–Crippen MR) is 126 cm³/mol. The summed E-state index contributed by atoms with van der Waals surface area (Å²) in [5.74, 6) is -0.200. The van der Waals surface area contributed by atoms with Gasteiger partial charge in [-0.15, -0.1) is 0 Å². The van der Waals surface area contributed by atoms with Gasteiger partial charge in [0.2, 0.25) is 0 Å². The Kier molecular flexibility index (Phi) is 7.24. The fourth-order valence-corrected chi connectivity index (χ4v) is 3.37. The Morgan fingerprint density at radius 1 is 1.03 bits per heavy atom. The lowest BCUT2D eigenvalue weighted by atomic mass is 10.1. The number of hydrogen-bond acceptors (Lipinski definition) is 5. The minimum Gasteiger partial charge on any atom is -0.487 e. The van der Waals surface area contributed by atoms with Gasteiger partial charge in [-0.2, -0.15) is 0 Å². The van der Waals surface area contributed by atoms with Crippen molar-refractivity contribution < 1.29 is 19.5 Å². The molecule has 4 aromatic rings. The van der Waals surface area contributed by atoms with Gasteiger partial charge in [-0.3, -0.25) is 19.5 Å². The van der Waals surface area contributed by atoms with E-state index >= 15 is 0 Å². The number of benzene rings is 2. The van der Waals surface area contributed by atoms with Crippen molar-refractivity contribution in [2.45, 2.75) is 19.6 Å². The number of halogens is 1. The van der Waals surface area contributed by atoms with Crippen LogP contribution in [0.3, 0.4) is 0 Å². The van der Waals surface area contributed by atoms with Gasteiger partial charge in [0.05, 0.1) is 24.4 Å². The number of nitrogens with zero attached hydrogens (tertiary/aromatic N) is 2. The number of carboxylic acid groups (broad SMARTS) is 1. The van der Waals surface area contributed by atoms with Crippen molar-refractivity contribution in [2.24, 2.45) is 0 Å². The molecular formula is C25H22ClN3O4. The fourth-order valence-electron chi connectivity index (χ4n) is 3.16. The third-order valence-corrected chi connectivity index (χ3v) is 5.10. The Labute approximate surface area is 195 Å². The normalized spacial score (nSPS) is 11.5. The second-order valence-corrected chi connectivity index (χ2v) is 7.60. The summed E-state index contributed by atoms with van der Waals surface area (Å²) in [6, 6.07) is 22.5. The number of pyridine rings is 1. The first-order chi connectivity index (χ1) is 16.1. The van der Waals surface area contributed by atoms with Crippen LogP contribution in [-0.4, -0.2) is 20.5 Å². The average molecular weight is 464 g/mol. The zero-order valence-corrected chi connectivity index (χ0v) is 18.4. The van der Waals surface area contributed by atoms with Crippen molar-refractivity contribution in [3.05, 3.63) is 107 Å². The second kappa shape index (κ2) is 10.7. The monoisotopic (exact) mass is 463 g/mol. The highest BCUT2D eigenvalue weighted by atomic mass is 35.5. The molecule has 2 N–H and O–H groups in total. The zero-order chi connectivity index (χ0) is 23.0. The summed E-state index contributed by atoms with van der Waals surface area (Å²) >= 11 is 6.17. The third-order valence-electron chi connectivity index (χ3n) is 4.79. The van der Waals surface area contributed by atoms with Crippen molar-refractivity contribution in [1.29, 1.82) is 0 Å². The summed E-state index contributed by atoms with van der Waals surface area (Å²) in [6.07, 6.45) is 3.33. The SMILES string of the molecule is O=C(O)CC=C(NOCc1ccc(OCc2cn3c(Cl)cccc3n2)cc1)c1ccccc1. The quantitative estimate of drug-likeness (QED) is 0.251. The lowest BCUT2D eigenvalue weighted by Gasteiger charge is -2.12. The third kappa shape index (κ3) is 6.12. The van der Waals surface area contributed by atoms with Crippen molar-refractivity contribution in [2.75, 3.05) is 0 Å². The van der Waals surface area contributed by atoms with E-state index in [0.717, 1.165) is 22.5 Å². The molecule has 0 radical (unpaired) electrons. The molecule has 0 aliphatic carbocycles. The van der Waals surface area contributed by atoms with E-state index in [1.54, 1.807) is 12.1 Å². The van der Waals surface area contributed by atoms with E-state index in [0.29, 0.717) is 29.8 Å². The molecule has 0 aliphatic heterocycles. The van der Waals surface area contributed by atoms with E-state index in [9.17, 15) is 4.79 Å². The van der Waals surface area contributed by atoms with Gasteiger partial charge < -0.3 is 9.84 Å². The fraction of sp³-hybridized carbons (Fsp3) is 0.120. The molecule has 0 bridgehead atoms. The van der Waals surface area contributed by atoms with Gasteiger partial charge in [0.25, 0.3) is 0 Å². The molecule has 0 saturated carbocycles. The number of carbonyl (C=O) groups is 1. The topological polar surface area (TPSA) is 85.1 Å². The number of aliphatic carboxylic acids is 1. The van der Waals surface area contributed by atoms with Crippen LogP contribution in [-0.2, 0) is 22.8 Å². The Morgan fingerprint density at radius 3 is 2.55 bits per heavy atom. The van der Waals surface area contributed by atoms with Crippen LogP contribution < -0.4 is 10.2 Å². The molecule has 7 nitrogen and oxygen atoms in total. The van der Waals surface area contributed by atoms with Crippen molar-refractivity contribution in [3.63, 3.8) is 0 Å². The Morgan fingerprint density at radius 2 is 1.82 bits per heavy atom. The summed E-state index contributed by atoms with van der Waals surface area (Å²) in [5, 5.41) is 9.56. The van der Waals surface area contributed by atoms with E-state index in [1.165, 1.54) is 0 Å². The zero-order valence-electron chi connectivity index (χ0n) is 17.6. The number of ether oxygens (including phenoxy) is 1. The van der Waals surface area contributed by atoms with Gasteiger partial charge in [0, 0.05) is 6.20 Å². The molecule has 2 aromatic carbocycles. The standard InChI is InChI=1S/C25H22ClN3O4/c26-23-7-4-8-24-27-20(15-29(23)24)17-32-21-11-9-18(10-12-21)16-33-28-22(13-14-25(30)31)19-5-2-1-3-6-19/h1-13,15,28H,14,16-17H2,(H,30,31). The molecular weight excluding hydrogens is 442 g/mol. The van der Waals surface area contributed by atoms with Crippen LogP contribution >= 0.6 is 11.6 Å². The van der Waals surface area contributed by atoms with E-state index in [4.69, 9.17) is 26.3 Å². The van der Waals surface area contributed by atoms with E-state index in [-0.39, 0.29) is 6.42 Å². The van der Waals surface area contributed by atoms with Crippen LogP contribution in [0.1, 0.15) is 23.2 Å². The number of nitrogens with one attached hydrogen (secondary N) is 1. The van der Waals surface area contributed by atoms with Crippen LogP contribution in [0.5, 0.6) is 5.75 Å². The van der Waals surface area contributed by atoms with Crippen LogP contribution in [0.15, 0.2) is 85.1 Å². The van der Waals surface area contributed by atoms with Crippen LogP contribution in [0.25, 0.3) is 11.3 Å². The molecule has 0 aliphatic rings. The lowest BCUT2D eigenvalue weighted by Crippen LogP contribution is -2.13. The van der Waals surface area contributed by atoms with Crippen molar-refractivity contribution >= 4 is 28.9 Å². The number of imidazole rings is 1. The molecule has 0 unspecified atom stereocenters. The molecule has 33 heavy (non-hydrogen) atoms. The number of fused-ring (bicyclic) bond motifs is 1. The molecule has 0 atom stereocenters. The first-order valence-corrected chi connectivity index (χ1v) is 10.7. The van der Waals surface area contributed by atoms with Gasteiger partial charge in [-0.05, 0) is 41.5 Å². The number of rotatable bonds is 10. The lowest BCUT2D eigenvalue weighted by molar-refractivity contribution is -0.136. The van der Waals surface area contributed by atoms with Gasteiger partial charge in [-0.25, -0.2) is 4.98 Å². The van der Waals surface area contributed by atoms with Crippen molar-refractivity contribution in [1.82, 2.24) is 14.9 Å². The molecule has 0 spiro atoms. The number of hydrogen-bond donors (Lipinski definition) is 2. The predicted octanol–water partition coefficient (Wildman–Crippen LogP) is 5.10. The first kappa shape index (κ1) is 22.4. The van der Waals surface area contributed by atoms with Crippen LogP contribution in [0.2, 0.25) is 5.15 Å². The van der Waals surface area contributed by atoms with E-state index in [2.05, 4.69) is 10.5 Å². The smallest absolute Gasteiger partial charge is 0.307 e. The van der Waals surface area contributed by atoms with Crippen LogP contribution in [0, 0.1) is 0 Å². The molecule has 8 heteroatoms. The summed E-state index contributed by atoms with van der Waals surface area (Å²) in [4.78, 5) is 21.0. The molecule has 4 rings (SSSR count). The van der Waals surface area contributed by atoms with Gasteiger partial charge in [-0.1, -0.05) is 60.1 Å². The maximum atomic E-state index is 10.9. The second-order valence-electron chi connectivity index (χ2n) is 7.21. The first-order valence-electron chi connectivity index (χ1n) is 10.3. The highest BCUT2D eigenvalue weighted by Crippen LogP contribution is 2.18. The van der Waals surface area contributed by atoms with Gasteiger partial charge >= 0.3 is 5.97 Å². The minimum absolute atomic E-state index is 0.106. The maximum Gasteiger partial charge on any atom is 0.307 e. The molecule has 2 heterocycles. The molecule has 0 amide bonds. The van der Waals surface area contributed by atoms with Crippen molar-refractivity contribution in [3.8, 4) is 5.75 Å². The van der Waals surface area contributed by atoms with Gasteiger partial charge in [0.1, 0.15) is 23.2 Å². The molecule has 2 aromatic heterocycles.